The van der Waals surface area contributed by atoms with Gasteiger partial charge in [0.1, 0.15) is 0 Å². The Morgan fingerprint density at radius 3 is 1.11 bits per heavy atom. The Morgan fingerprint density at radius 1 is 1.00 bits per heavy atom. The maximum atomic E-state index is 7.62. The molecule has 0 aliphatic rings. The summed E-state index contributed by atoms with van der Waals surface area (Å²) >= 11 is -0.106. The molecule has 0 bridgehead atoms. The van der Waals surface area contributed by atoms with Crippen molar-refractivity contribution in [3.05, 3.63) is 0 Å². The van der Waals surface area contributed by atoms with E-state index >= 15 is 0 Å². The summed E-state index contributed by atoms with van der Waals surface area (Å²) in [6.45, 7) is -0.250. The minimum absolute atomic E-state index is 0. The summed E-state index contributed by atoms with van der Waals surface area (Å²) in [5.41, 5.74) is 0. The van der Waals surface area contributed by atoms with Crippen molar-refractivity contribution in [1.29, 1.82) is 0 Å². The third-order valence-corrected chi connectivity index (χ3v) is 0.1000. The van der Waals surface area contributed by atoms with E-state index < -0.39 is 0 Å². The number of aliphatic hydroxyl groups is 2. The van der Waals surface area contributed by atoms with Crippen molar-refractivity contribution < 1.29 is 37.1 Å². The predicted molar refractivity (Wildman–Crippen MR) is 33.1 cm³/mol. The van der Waals surface area contributed by atoms with Crippen LogP contribution in [0, 0.1) is 0 Å². The van der Waals surface area contributed by atoms with Gasteiger partial charge in [-0.15, -0.1) is 0 Å². The van der Waals surface area contributed by atoms with E-state index in [1.54, 1.807) is 0 Å². The summed E-state index contributed by atoms with van der Waals surface area (Å²) in [5, 5.41) is 15.2. The molecule has 7 heteroatoms. The van der Waals surface area contributed by atoms with Crippen molar-refractivity contribution in [3.8, 4) is 0 Å². The molecule has 66 valence electrons. The second-order valence-electron chi connectivity index (χ2n) is 0.492. The molecule has 0 aliphatic heterocycles. The van der Waals surface area contributed by atoms with Gasteiger partial charge in [0.2, 0.25) is 0 Å². The van der Waals surface area contributed by atoms with Crippen LogP contribution in [0.1, 0.15) is 0 Å². The van der Waals surface area contributed by atoms with Gasteiger partial charge in [-0.2, -0.15) is 0 Å². The Balaban J connectivity index is -0.0000000233. The summed E-state index contributed by atoms with van der Waals surface area (Å²) < 4.78 is 0. The molecule has 0 fully saturated rings. The van der Waals surface area contributed by atoms with E-state index in [-0.39, 0.29) is 40.1 Å². The monoisotopic (exact) mass is 274 g/mol. The predicted octanol–water partition coefficient (Wildman–Crippen LogP) is -1.30. The first-order chi connectivity index (χ1) is 3.33. The van der Waals surface area contributed by atoms with E-state index in [1.807, 2.05) is 0 Å². The topological polar surface area (TPSA) is 103 Å². The molecule has 0 rings (SSSR count). The van der Waals surface area contributed by atoms with E-state index in [9.17, 15) is 0 Å². The normalized spacial score (nSPS) is 5.78. The minimum atomic E-state index is -0.125. The van der Waals surface area contributed by atoms with Crippen LogP contribution < -0.4 is 0 Å². The summed E-state index contributed by atoms with van der Waals surface area (Å²) in [5.74, 6) is 0. The molecule has 0 saturated heterocycles. The second-order valence-corrected chi connectivity index (χ2v) is 2.85. The molecule has 0 atom stereocenters. The molecule has 0 aromatic rings. The zero-order chi connectivity index (χ0) is 6.12. The van der Waals surface area contributed by atoms with Crippen molar-refractivity contribution in [3.63, 3.8) is 0 Å². The molecule has 0 spiro atoms. The maximum absolute atomic E-state index is 7.62. The molecule has 0 unspecified atom stereocenters. The molecule has 0 saturated carbocycles. The third kappa shape index (κ3) is 105. The first kappa shape index (κ1) is 22.5. The van der Waals surface area contributed by atoms with Gasteiger partial charge >= 0.3 is 35.0 Å². The molecule has 0 aliphatic carbocycles. The fourth-order valence-electron chi connectivity index (χ4n) is 0. The average molecular weight is 275 g/mol. The van der Waals surface area contributed by atoms with E-state index in [0.717, 1.165) is 0 Å². The van der Waals surface area contributed by atoms with Gasteiger partial charge in [0.15, 0.2) is 0 Å². The van der Waals surface area contributed by atoms with Crippen LogP contribution in [0.15, 0.2) is 0 Å². The Morgan fingerprint density at radius 2 is 1.11 bits per heavy atom. The van der Waals surface area contributed by atoms with Crippen molar-refractivity contribution in [2.75, 3.05) is 13.2 Å². The molecule has 6 N–H and O–H groups in total. The summed E-state index contributed by atoms with van der Waals surface area (Å²) in [4.78, 5) is 0. The molecule has 0 aromatic heterocycles. The number of aliphatic hydroxyl groups excluding tert-OH is 2. The van der Waals surface area contributed by atoms with Crippen LogP contribution >= 0.6 is 19.1 Å². The van der Waals surface area contributed by atoms with Crippen LogP contribution in [0.5, 0.6) is 0 Å². The van der Waals surface area contributed by atoms with Crippen LogP contribution in [-0.4, -0.2) is 34.4 Å². The van der Waals surface area contributed by atoms with Gasteiger partial charge in [0.05, 0.1) is 13.2 Å². The number of hydrogen-bond donors (Lipinski definition) is 2. The summed E-state index contributed by atoms with van der Waals surface area (Å²) in [6.07, 6.45) is 0. The fourth-order valence-corrected chi connectivity index (χ4v) is 0. The van der Waals surface area contributed by atoms with E-state index in [2.05, 4.69) is 0 Å². The Kier molecular flexibility index (Phi) is 88.9. The zero-order valence-corrected chi connectivity index (χ0v) is 7.45. The van der Waals surface area contributed by atoms with Gasteiger partial charge in [-0.1, -0.05) is 0 Å². The standard InChI is InChI=1S/C2H6O2.2ClH.2H2O.Pd/c3-1-2-4;;;;;/h3-4H,1-2H2;2*1H;2*1H2;/q;;;;;+2/p-2. The van der Waals surface area contributed by atoms with Gasteiger partial charge in [0, 0.05) is 0 Å². The second kappa shape index (κ2) is 35.6. The molecule has 0 aromatic carbocycles. The van der Waals surface area contributed by atoms with Crippen molar-refractivity contribution in [1.82, 2.24) is 0 Å². The van der Waals surface area contributed by atoms with Crippen molar-refractivity contribution in [2.24, 2.45) is 0 Å². The van der Waals surface area contributed by atoms with Gasteiger partial charge in [0.25, 0.3) is 0 Å². The van der Waals surface area contributed by atoms with Gasteiger partial charge in [-0.05, 0) is 0 Å². The number of rotatable bonds is 1. The molecular weight excluding hydrogens is 265 g/mol. The first-order valence-electron chi connectivity index (χ1n) is 1.37. The summed E-state index contributed by atoms with van der Waals surface area (Å²) in [6, 6.07) is 0. The van der Waals surface area contributed by atoms with Crippen LogP contribution in [0.25, 0.3) is 0 Å². The van der Waals surface area contributed by atoms with Crippen LogP contribution in [0.2, 0.25) is 0 Å². The van der Waals surface area contributed by atoms with E-state index in [4.69, 9.17) is 29.3 Å². The Hall–Kier alpha value is 1.08. The Labute approximate surface area is 69.5 Å². The molecule has 9 heavy (non-hydrogen) atoms. The van der Waals surface area contributed by atoms with Crippen LogP contribution in [-0.2, 0) is 15.9 Å². The molecule has 0 amide bonds. The molecular formula is C2H10Cl2O4Pd. The van der Waals surface area contributed by atoms with Crippen molar-refractivity contribution >= 4 is 19.1 Å². The zero-order valence-electron chi connectivity index (χ0n) is 4.38. The van der Waals surface area contributed by atoms with Crippen LogP contribution in [0.3, 0.4) is 0 Å². The molecule has 4 nitrogen and oxygen atoms in total. The average Bonchev–Trinajstić information content (AvgIpc) is 1.69. The summed E-state index contributed by atoms with van der Waals surface area (Å²) in [7, 11) is 9.63. The Bertz CT molecular complexity index is 24.0. The van der Waals surface area contributed by atoms with Gasteiger partial charge < -0.3 is 21.2 Å². The quantitative estimate of drug-likeness (QED) is 0.581. The van der Waals surface area contributed by atoms with Gasteiger partial charge in [-0.3, -0.25) is 0 Å². The van der Waals surface area contributed by atoms with Crippen molar-refractivity contribution in [2.45, 2.75) is 0 Å². The van der Waals surface area contributed by atoms with Crippen LogP contribution in [0.4, 0.5) is 0 Å². The number of halogens is 2. The number of hydrogen-bond acceptors (Lipinski definition) is 2. The van der Waals surface area contributed by atoms with E-state index in [0.29, 0.717) is 0 Å². The van der Waals surface area contributed by atoms with Gasteiger partial charge in [-0.25, -0.2) is 0 Å². The van der Waals surface area contributed by atoms with E-state index in [1.165, 1.54) is 0 Å². The molecule has 0 radical (unpaired) electrons. The first-order valence-corrected chi connectivity index (χ1v) is 5.38. The molecule has 0 heterocycles. The third-order valence-electron chi connectivity index (χ3n) is 0.1000. The SMILES string of the molecule is O.O.OCCO.[Cl][Pd][Cl]. The fraction of sp³-hybridized carbons (Fsp3) is 1.00.